The number of amides is 1. The summed E-state index contributed by atoms with van der Waals surface area (Å²) in [4.78, 5) is 29.1. The molecule has 34 heavy (non-hydrogen) atoms. The van der Waals surface area contributed by atoms with Crippen LogP contribution in [0.2, 0.25) is 0 Å². The van der Waals surface area contributed by atoms with E-state index in [1.54, 1.807) is 7.11 Å². The first-order valence-electron chi connectivity index (χ1n) is 12.2. The van der Waals surface area contributed by atoms with Gasteiger partial charge in [0, 0.05) is 55.0 Å². The lowest BCUT2D eigenvalue weighted by Gasteiger charge is -2.38. The molecule has 2 aliphatic heterocycles. The van der Waals surface area contributed by atoms with Crippen molar-refractivity contribution in [2.75, 3.05) is 20.3 Å². The summed E-state index contributed by atoms with van der Waals surface area (Å²) in [6.07, 6.45) is 6.00. The van der Waals surface area contributed by atoms with E-state index in [1.807, 2.05) is 60.0 Å². The van der Waals surface area contributed by atoms with Crippen molar-refractivity contribution in [1.29, 1.82) is 0 Å². The number of aliphatic hydroxyl groups excluding tert-OH is 1. The predicted octanol–water partition coefficient (Wildman–Crippen LogP) is 2.58. The van der Waals surface area contributed by atoms with Crippen LogP contribution in [0.5, 0.6) is 5.75 Å². The number of methoxy groups -OCH3 is 1. The number of rotatable bonds is 8. The molecule has 0 spiro atoms. The topological polar surface area (TPSA) is 83.8 Å². The average Bonchev–Trinajstić information content (AvgIpc) is 3.65. The van der Waals surface area contributed by atoms with Gasteiger partial charge >= 0.3 is 0 Å². The second-order valence-electron chi connectivity index (χ2n) is 9.69. The van der Waals surface area contributed by atoms with E-state index in [0.29, 0.717) is 31.1 Å². The Hall–Kier alpha value is -2.90. The van der Waals surface area contributed by atoms with Gasteiger partial charge in [0.05, 0.1) is 19.1 Å². The van der Waals surface area contributed by atoms with Gasteiger partial charge in [-0.15, -0.1) is 0 Å². The van der Waals surface area contributed by atoms with Crippen molar-refractivity contribution < 1.29 is 14.6 Å². The summed E-state index contributed by atoms with van der Waals surface area (Å²) in [5, 5.41) is 13.6. The van der Waals surface area contributed by atoms with Crippen molar-refractivity contribution >= 4 is 12.0 Å². The van der Waals surface area contributed by atoms with Gasteiger partial charge < -0.3 is 19.7 Å². The van der Waals surface area contributed by atoms with E-state index in [1.165, 1.54) is 0 Å². The molecule has 2 fully saturated rings. The first kappa shape index (κ1) is 22.9. The summed E-state index contributed by atoms with van der Waals surface area (Å²) in [6.45, 7) is 3.50. The predicted molar refractivity (Wildman–Crippen MR) is 130 cm³/mol. The van der Waals surface area contributed by atoms with Crippen molar-refractivity contribution in [3.8, 4) is 5.75 Å². The molecule has 2 aromatic rings. The molecule has 1 saturated heterocycles. The van der Waals surface area contributed by atoms with Crippen LogP contribution in [0.25, 0.3) is 6.08 Å². The number of allylic oxidation sites excluding steroid dienone is 1. The van der Waals surface area contributed by atoms with Gasteiger partial charge in [0.15, 0.2) is 0 Å². The molecule has 3 heterocycles. The van der Waals surface area contributed by atoms with E-state index in [2.05, 4.69) is 10.2 Å². The number of aromatic nitrogens is 1. The SMILES string of the molecule is C/C=C/c1ccc2n(c1=O)C[C@@H]1[C@@H](CO)[C@H](C(=O)NCC3CC3)[C@H]2N1Cc1ccccc1OC. The van der Waals surface area contributed by atoms with Crippen molar-refractivity contribution in [3.63, 3.8) is 0 Å². The normalized spacial score (nSPS) is 26.0. The van der Waals surface area contributed by atoms with Crippen LogP contribution < -0.4 is 15.6 Å². The van der Waals surface area contributed by atoms with Crippen LogP contribution in [-0.4, -0.2) is 46.8 Å². The summed E-state index contributed by atoms with van der Waals surface area (Å²) in [6, 6.07) is 11.3. The quantitative estimate of drug-likeness (QED) is 0.629. The van der Waals surface area contributed by atoms with Gasteiger partial charge in [-0.05, 0) is 43.9 Å². The van der Waals surface area contributed by atoms with Crippen molar-refractivity contribution in [2.45, 2.75) is 44.9 Å². The van der Waals surface area contributed by atoms with Gasteiger partial charge in [-0.2, -0.15) is 0 Å². The first-order valence-corrected chi connectivity index (χ1v) is 12.2. The Morgan fingerprint density at radius 3 is 2.74 bits per heavy atom. The zero-order valence-corrected chi connectivity index (χ0v) is 19.8. The monoisotopic (exact) mass is 463 g/mol. The van der Waals surface area contributed by atoms with E-state index in [0.717, 1.165) is 29.8 Å². The lowest BCUT2D eigenvalue weighted by molar-refractivity contribution is -0.127. The minimum absolute atomic E-state index is 0.0260. The van der Waals surface area contributed by atoms with Gasteiger partial charge in [-0.3, -0.25) is 14.5 Å². The van der Waals surface area contributed by atoms with E-state index in [-0.39, 0.29) is 36.1 Å². The van der Waals surface area contributed by atoms with Crippen LogP contribution >= 0.6 is 0 Å². The maximum Gasteiger partial charge on any atom is 0.258 e. The number of para-hydroxylation sites is 1. The van der Waals surface area contributed by atoms with Crippen molar-refractivity contribution in [2.24, 2.45) is 17.8 Å². The molecule has 1 saturated carbocycles. The van der Waals surface area contributed by atoms with Gasteiger partial charge in [-0.25, -0.2) is 0 Å². The van der Waals surface area contributed by atoms with Gasteiger partial charge in [-0.1, -0.05) is 30.4 Å². The minimum Gasteiger partial charge on any atom is -0.496 e. The fourth-order valence-electron chi connectivity index (χ4n) is 5.78. The molecule has 1 amide bonds. The second-order valence-corrected chi connectivity index (χ2v) is 9.69. The molecule has 3 aliphatic rings. The van der Waals surface area contributed by atoms with Crippen molar-refractivity contribution in [1.82, 2.24) is 14.8 Å². The molecule has 0 unspecified atom stereocenters. The number of hydrogen-bond donors (Lipinski definition) is 2. The smallest absolute Gasteiger partial charge is 0.258 e. The van der Waals surface area contributed by atoms with Crippen LogP contribution in [0.1, 0.15) is 42.6 Å². The minimum atomic E-state index is -0.427. The summed E-state index contributed by atoms with van der Waals surface area (Å²) >= 11 is 0. The largest absolute Gasteiger partial charge is 0.496 e. The molecule has 4 atom stereocenters. The number of ether oxygens (including phenoxy) is 1. The number of aliphatic hydroxyl groups is 1. The Morgan fingerprint density at radius 2 is 2.03 bits per heavy atom. The number of nitrogens with zero attached hydrogens (tertiary/aromatic N) is 2. The highest BCUT2D eigenvalue weighted by molar-refractivity contribution is 5.80. The zero-order valence-electron chi connectivity index (χ0n) is 19.8. The Labute approximate surface area is 200 Å². The molecular formula is C27H33N3O4. The summed E-state index contributed by atoms with van der Waals surface area (Å²) in [7, 11) is 1.66. The number of benzene rings is 1. The number of fused-ring (bicyclic) bond motifs is 4. The number of hydrogen-bond acceptors (Lipinski definition) is 5. The molecular weight excluding hydrogens is 430 g/mol. The Balaban J connectivity index is 1.57. The second kappa shape index (κ2) is 9.39. The lowest BCUT2D eigenvalue weighted by atomic mass is 9.86. The van der Waals surface area contributed by atoms with E-state index in [9.17, 15) is 14.7 Å². The highest BCUT2D eigenvalue weighted by atomic mass is 16.5. The number of pyridine rings is 1. The standard InChI is InChI=1S/C27H33N3O4/c1-3-6-18-11-12-21-25-24(26(32)28-13-17-9-10-17)20(16-31)22(15-30(21)27(18)33)29(25)14-19-7-4-5-8-23(19)34-2/h3-8,11-12,17,20,22,24-25,31H,9-10,13-16H2,1-2H3,(H,28,32)/b6-3+/t20-,22-,24+,25+/m1/s1. The molecule has 1 aromatic carbocycles. The highest BCUT2D eigenvalue weighted by Crippen LogP contribution is 2.49. The van der Waals surface area contributed by atoms with Crippen LogP contribution in [0.4, 0.5) is 0 Å². The average molecular weight is 464 g/mol. The van der Waals surface area contributed by atoms with E-state index < -0.39 is 5.92 Å². The molecule has 1 aromatic heterocycles. The molecule has 5 rings (SSSR count). The number of carbonyl (C=O) groups excluding carboxylic acids is 1. The molecule has 1 aliphatic carbocycles. The third kappa shape index (κ3) is 3.97. The summed E-state index contributed by atoms with van der Waals surface area (Å²) in [5.74, 6) is 0.651. The fourth-order valence-corrected chi connectivity index (χ4v) is 5.78. The van der Waals surface area contributed by atoms with E-state index in [4.69, 9.17) is 4.74 Å². The maximum atomic E-state index is 13.5. The van der Waals surface area contributed by atoms with Crippen LogP contribution in [0.3, 0.4) is 0 Å². The Morgan fingerprint density at radius 1 is 1.24 bits per heavy atom. The Bertz CT molecular complexity index is 1150. The number of nitrogens with one attached hydrogen (secondary N) is 1. The molecule has 7 heteroatoms. The molecule has 0 radical (unpaired) electrons. The third-order valence-corrected chi connectivity index (χ3v) is 7.66. The van der Waals surface area contributed by atoms with Crippen LogP contribution in [0.15, 0.2) is 47.3 Å². The van der Waals surface area contributed by atoms with Crippen LogP contribution in [-0.2, 0) is 17.9 Å². The van der Waals surface area contributed by atoms with E-state index >= 15 is 0 Å². The number of carbonyl (C=O) groups is 1. The first-order chi connectivity index (χ1) is 16.6. The summed E-state index contributed by atoms with van der Waals surface area (Å²) < 4.78 is 7.41. The van der Waals surface area contributed by atoms with Gasteiger partial charge in [0.2, 0.25) is 5.91 Å². The Kier molecular flexibility index (Phi) is 6.32. The fraction of sp³-hybridized carbons (Fsp3) is 0.481. The third-order valence-electron chi connectivity index (χ3n) is 7.66. The van der Waals surface area contributed by atoms with Crippen LogP contribution in [0, 0.1) is 17.8 Å². The molecule has 180 valence electrons. The zero-order chi connectivity index (χ0) is 23.8. The highest BCUT2D eigenvalue weighted by Gasteiger charge is 2.55. The molecule has 7 nitrogen and oxygen atoms in total. The van der Waals surface area contributed by atoms with Crippen molar-refractivity contribution in [3.05, 3.63) is 69.6 Å². The van der Waals surface area contributed by atoms with Gasteiger partial charge in [0.1, 0.15) is 5.75 Å². The molecule has 2 N–H and O–H groups in total. The van der Waals surface area contributed by atoms with Gasteiger partial charge in [0.25, 0.3) is 5.56 Å². The molecule has 2 bridgehead atoms. The summed E-state index contributed by atoms with van der Waals surface area (Å²) in [5.41, 5.74) is 2.46. The lowest BCUT2D eigenvalue weighted by Crippen LogP contribution is -2.46. The maximum absolute atomic E-state index is 13.5.